The number of rotatable bonds is 7. The molecule has 0 aliphatic carbocycles. The average molecular weight is 401 g/mol. The maximum atomic E-state index is 12.6. The van der Waals surface area contributed by atoms with E-state index in [1.807, 2.05) is 31.1 Å². The van der Waals surface area contributed by atoms with Gasteiger partial charge in [-0.25, -0.2) is 4.98 Å². The summed E-state index contributed by atoms with van der Waals surface area (Å²) < 4.78 is 37.7. The molecule has 0 bridgehead atoms. The number of alkyl halides is 3. The number of hydrogen-bond donors (Lipinski definition) is 2. The van der Waals surface area contributed by atoms with E-state index in [4.69, 9.17) is 11.6 Å². The van der Waals surface area contributed by atoms with Gasteiger partial charge in [0.1, 0.15) is 5.82 Å². The fourth-order valence-electron chi connectivity index (χ4n) is 2.31. The number of hydrogen-bond acceptors (Lipinski definition) is 4. The van der Waals surface area contributed by atoms with Crippen LogP contribution in [0.2, 0.25) is 5.02 Å². The van der Waals surface area contributed by atoms with Gasteiger partial charge in [-0.1, -0.05) is 23.7 Å². The highest BCUT2D eigenvalue weighted by molar-refractivity contribution is 6.32. The minimum Gasteiger partial charge on any atom is -0.367 e. The monoisotopic (exact) mass is 400 g/mol. The van der Waals surface area contributed by atoms with E-state index in [2.05, 4.69) is 15.6 Å². The van der Waals surface area contributed by atoms with E-state index in [1.165, 1.54) is 0 Å². The van der Waals surface area contributed by atoms with Crippen LogP contribution in [-0.4, -0.2) is 43.0 Å². The maximum Gasteiger partial charge on any atom is 0.417 e. The Hall–Kier alpha value is -2.32. The van der Waals surface area contributed by atoms with Crippen molar-refractivity contribution in [3.8, 4) is 0 Å². The summed E-state index contributed by atoms with van der Waals surface area (Å²) in [5.74, 6) is -0.105. The lowest BCUT2D eigenvalue weighted by atomic mass is 10.1. The molecule has 9 heteroatoms. The van der Waals surface area contributed by atoms with Gasteiger partial charge in [-0.3, -0.25) is 4.79 Å². The molecule has 0 aliphatic rings. The van der Waals surface area contributed by atoms with Gasteiger partial charge in [-0.2, -0.15) is 13.2 Å². The molecule has 5 nitrogen and oxygen atoms in total. The standard InChI is InChI=1S/C18H20ClF3N4O/c1-26(2)11-12-3-5-13(6-4-12)17(27)24-8-7-23-16-15(19)9-14(10-25-16)18(20,21)22/h3-6,9-10H,7-8,11H2,1-2H3,(H,23,25)(H,24,27). The molecule has 0 saturated heterocycles. The summed E-state index contributed by atoms with van der Waals surface area (Å²) in [4.78, 5) is 17.8. The van der Waals surface area contributed by atoms with Crippen molar-refractivity contribution in [3.63, 3.8) is 0 Å². The topological polar surface area (TPSA) is 57.3 Å². The normalized spacial score (nSPS) is 11.5. The van der Waals surface area contributed by atoms with E-state index in [-0.39, 0.29) is 29.8 Å². The van der Waals surface area contributed by atoms with Crippen molar-refractivity contribution < 1.29 is 18.0 Å². The van der Waals surface area contributed by atoms with E-state index >= 15 is 0 Å². The smallest absolute Gasteiger partial charge is 0.367 e. The zero-order chi connectivity index (χ0) is 20.0. The number of pyridine rings is 1. The van der Waals surface area contributed by atoms with Crippen molar-refractivity contribution >= 4 is 23.3 Å². The Morgan fingerprint density at radius 1 is 1.19 bits per heavy atom. The van der Waals surface area contributed by atoms with Gasteiger partial charge < -0.3 is 15.5 Å². The van der Waals surface area contributed by atoms with Gasteiger partial charge >= 0.3 is 6.18 Å². The number of aromatic nitrogens is 1. The maximum absolute atomic E-state index is 12.6. The van der Waals surface area contributed by atoms with Crippen LogP contribution in [0.4, 0.5) is 19.0 Å². The Balaban J connectivity index is 1.82. The van der Waals surface area contributed by atoms with Gasteiger partial charge in [0.25, 0.3) is 5.91 Å². The van der Waals surface area contributed by atoms with Crippen molar-refractivity contribution in [3.05, 3.63) is 58.2 Å². The molecule has 2 rings (SSSR count). The molecule has 0 radical (unpaired) electrons. The van der Waals surface area contributed by atoms with Crippen LogP contribution >= 0.6 is 11.6 Å². The first-order valence-corrected chi connectivity index (χ1v) is 8.53. The van der Waals surface area contributed by atoms with Crippen LogP contribution in [0.5, 0.6) is 0 Å². The Bertz CT molecular complexity index is 779. The largest absolute Gasteiger partial charge is 0.417 e. The highest BCUT2D eigenvalue weighted by Gasteiger charge is 2.31. The van der Waals surface area contributed by atoms with E-state index in [1.54, 1.807) is 12.1 Å². The number of nitrogens with zero attached hydrogens (tertiary/aromatic N) is 2. The Labute approximate surface area is 160 Å². The summed E-state index contributed by atoms with van der Waals surface area (Å²) in [7, 11) is 3.93. The highest BCUT2D eigenvalue weighted by Crippen LogP contribution is 2.32. The van der Waals surface area contributed by atoms with Gasteiger partial charge in [-0.05, 0) is 37.9 Å². The number of halogens is 4. The van der Waals surface area contributed by atoms with Gasteiger partial charge in [0.15, 0.2) is 0 Å². The van der Waals surface area contributed by atoms with E-state index in [0.29, 0.717) is 11.8 Å². The second-order valence-corrected chi connectivity index (χ2v) is 6.58. The van der Waals surface area contributed by atoms with Gasteiger partial charge in [0.05, 0.1) is 10.6 Å². The molecular weight excluding hydrogens is 381 g/mol. The van der Waals surface area contributed by atoms with Crippen molar-refractivity contribution in [1.82, 2.24) is 15.2 Å². The quantitative estimate of drug-likeness (QED) is 0.696. The van der Waals surface area contributed by atoms with Gasteiger partial charge in [-0.15, -0.1) is 0 Å². The van der Waals surface area contributed by atoms with E-state index in [9.17, 15) is 18.0 Å². The van der Waals surface area contributed by atoms with E-state index in [0.717, 1.165) is 18.2 Å². The molecule has 2 N–H and O–H groups in total. The third kappa shape index (κ3) is 6.41. The molecule has 1 aromatic carbocycles. The SMILES string of the molecule is CN(C)Cc1ccc(C(=O)NCCNc2ncc(C(F)(F)F)cc2Cl)cc1. The summed E-state index contributed by atoms with van der Waals surface area (Å²) in [5.41, 5.74) is 0.716. The van der Waals surface area contributed by atoms with Crippen LogP contribution in [-0.2, 0) is 12.7 Å². The molecule has 1 heterocycles. The molecule has 0 spiro atoms. The Morgan fingerprint density at radius 2 is 1.85 bits per heavy atom. The molecule has 0 fully saturated rings. The minimum atomic E-state index is -4.49. The lowest BCUT2D eigenvalue weighted by Gasteiger charge is -2.12. The third-order valence-corrected chi connectivity index (χ3v) is 3.87. The number of carbonyl (C=O) groups is 1. The molecule has 0 atom stereocenters. The van der Waals surface area contributed by atoms with Crippen LogP contribution in [0.25, 0.3) is 0 Å². The predicted molar refractivity (Wildman–Crippen MR) is 98.9 cm³/mol. The first-order valence-electron chi connectivity index (χ1n) is 8.15. The number of anilines is 1. The van der Waals surface area contributed by atoms with Crippen LogP contribution in [0.3, 0.4) is 0 Å². The molecule has 0 aliphatic heterocycles. The number of benzene rings is 1. The van der Waals surface area contributed by atoms with Crippen molar-refractivity contribution in [2.24, 2.45) is 0 Å². The first-order chi connectivity index (χ1) is 12.7. The van der Waals surface area contributed by atoms with Gasteiger partial charge in [0.2, 0.25) is 0 Å². The molecule has 1 amide bonds. The van der Waals surface area contributed by atoms with Crippen LogP contribution in [0, 0.1) is 0 Å². The zero-order valence-electron chi connectivity index (χ0n) is 14.9. The molecule has 2 aromatic rings. The minimum absolute atomic E-state index is 0.131. The molecule has 1 aromatic heterocycles. The predicted octanol–water partition coefficient (Wildman–Crippen LogP) is 3.66. The van der Waals surface area contributed by atoms with Gasteiger partial charge in [0, 0.05) is 31.4 Å². The fourth-order valence-corrected chi connectivity index (χ4v) is 2.54. The number of nitrogens with one attached hydrogen (secondary N) is 2. The van der Waals surface area contributed by atoms with Crippen LogP contribution in [0.1, 0.15) is 21.5 Å². The molecule has 146 valence electrons. The lowest BCUT2D eigenvalue weighted by Crippen LogP contribution is -2.29. The summed E-state index contributed by atoms with van der Waals surface area (Å²) in [6.45, 7) is 1.31. The molecule has 27 heavy (non-hydrogen) atoms. The molecule has 0 saturated carbocycles. The second kappa shape index (κ2) is 9.05. The van der Waals surface area contributed by atoms with Crippen molar-refractivity contribution in [1.29, 1.82) is 0 Å². The van der Waals surface area contributed by atoms with Crippen molar-refractivity contribution in [2.45, 2.75) is 12.7 Å². The first kappa shape index (κ1) is 21.0. The average Bonchev–Trinajstić information content (AvgIpc) is 2.58. The summed E-state index contributed by atoms with van der Waals surface area (Å²) in [6.07, 6.45) is -3.78. The van der Waals surface area contributed by atoms with Crippen LogP contribution < -0.4 is 10.6 Å². The van der Waals surface area contributed by atoms with E-state index < -0.39 is 11.7 Å². The summed E-state index contributed by atoms with van der Waals surface area (Å²) in [6, 6.07) is 8.08. The van der Waals surface area contributed by atoms with Crippen LogP contribution in [0.15, 0.2) is 36.5 Å². The number of carbonyl (C=O) groups excluding carboxylic acids is 1. The fraction of sp³-hybridized carbons (Fsp3) is 0.333. The molecule has 0 unspecified atom stereocenters. The summed E-state index contributed by atoms with van der Waals surface area (Å²) in [5, 5.41) is 5.39. The zero-order valence-corrected chi connectivity index (χ0v) is 15.7. The second-order valence-electron chi connectivity index (χ2n) is 6.17. The van der Waals surface area contributed by atoms with Crippen molar-refractivity contribution in [2.75, 3.05) is 32.5 Å². The Morgan fingerprint density at radius 3 is 2.41 bits per heavy atom. The number of amides is 1. The highest BCUT2D eigenvalue weighted by atomic mass is 35.5. The third-order valence-electron chi connectivity index (χ3n) is 3.59. The summed E-state index contributed by atoms with van der Waals surface area (Å²) >= 11 is 5.81. The molecular formula is C18H20ClF3N4O. The lowest BCUT2D eigenvalue weighted by molar-refractivity contribution is -0.137. The Kier molecular flexibility index (Phi) is 7.04.